The topological polar surface area (TPSA) is 92.3 Å². The van der Waals surface area contributed by atoms with Gasteiger partial charge in [0.05, 0.1) is 41.2 Å². The first-order chi connectivity index (χ1) is 19.4. The van der Waals surface area contributed by atoms with Gasteiger partial charge in [-0.1, -0.05) is 12.1 Å². The second-order valence-electron chi connectivity index (χ2n) is 10.4. The molecule has 0 radical (unpaired) electrons. The fourth-order valence-electron chi connectivity index (χ4n) is 5.63. The molecule has 11 heteroatoms. The van der Waals surface area contributed by atoms with Crippen LogP contribution < -0.4 is 19.7 Å². The van der Waals surface area contributed by atoms with E-state index >= 15 is 0 Å². The highest BCUT2D eigenvalue weighted by Crippen LogP contribution is 2.57. The summed E-state index contributed by atoms with van der Waals surface area (Å²) in [5.74, 6) is 1.84. The molecule has 1 amide bonds. The van der Waals surface area contributed by atoms with E-state index in [0.29, 0.717) is 33.4 Å². The van der Waals surface area contributed by atoms with E-state index in [2.05, 4.69) is 47.1 Å². The van der Waals surface area contributed by atoms with Crippen molar-refractivity contribution < 1.29 is 19.0 Å². The standard InChI is InChI=1S/C29H33BrN6O4/c1-34-27(37)25-20(29(34)9-10-29)5-4-6-23(25)40-26-21(30)18-31-28(33-26)32-22-8-7-19(17-24(22)39-3)36-13-11-35(12-14-36)15-16-38-2/h4-8,17-18H,9-16H2,1-3H3,(H,31,32,33). The number of hydrogen-bond acceptors (Lipinski definition) is 9. The Morgan fingerprint density at radius 1 is 1.07 bits per heavy atom. The first kappa shape index (κ1) is 26.8. The first-order valence-electron chi connectivity index (χ1n) is 13.5. The zero-order chi connectivity index (χ0) is 27.9. The number of carbonyl (C=O) groups excluding carboxylic acids is 1. The third-order valence-corrected chi connectivity index (χ3v) is 8.65. The van der Waals surface area contributed by atoms with Gasteiger partial charge in [0.1, 0.15) is 11.5 Å². The van der Waals surface area contributed by atoms with E-state index in [4.69, 9.17) is 14.2 Å². The number of ether oxygens (including phenoxy) is 3. The number of methoxy groups -OCH3 is 2. The van der Waals surface area contributed by atoms with Crippen LogP contribution in [0.2, 0.25) is 0 Å². The van der Waals surface area contributed by atoms with Gasteiger partial charge < -0.3 is 29.3 Å². The molecule has 2 aliphatic heterocycles. The largest absolute Gasteiger partial charge is 0.494 e. The first-order valence-corrected chi connectivity index (χ1v) is 14.3. The number of anilines is 3. The number of aromatic nitrogens is 2. The molecule has 0 bridgehead atoms. The molecular weight excluding hydrogens is 576 g/mol. The van der Waals surface area contributed by atoms with Gasteiger partial charge in [0.2, 0.25) is 11.8 Å². The lowest BCUT2D eigenvalue weighted by Gasteiger charge is -2.36. The molecule has 1 saturated carbocycles. The van der Waals surface area contributed by atoms with E-state index in [-0.39, 0.29) is 11.4 Å². The number of rotatable bonds is 9. The number of amides is 1. The predicted molar refractivity (Wildman–Crippen MR) is 156 cm³/mol. The molecule has 0 atom stereocenters. The summed E-state index contributed by atoms with van der Waals surface area (Å²) < 4.78 is 17.7. The van der Waals surface area contributed by atoms with E-state index in [1.165, 1.54) is 0 Å². The molecule has 1 spiro atoms. The van der Waals surface area contributed by atoms with Crippen molar-refractivity contribution >= 4 is 39.2 Å². The Hall–Kier alpha value is -3.41. The van der Waals surface area contributed by atoms with Crippen LogP contribution >= 0.6 is 15.9 Å². The van der Waals surface area contributed by atoms with Crippen LogP contribution in [0.25, 0.3) is 0 Å². The van der Waals surface area contributed by atoms with Crippen LogP contribution in [0, 0.1) is 0 Å². The summed E-state index contributed by atoms with van der Waals surface area (Å²) in [6.45, 7) is 5.58. The van der Waals surface area contributed by atoms with Gasteiger partial charge >= 0.3 is 0 Å². The lowest BCUT2D eigenvalue weighted by Crippen LogP contribution is -2.47. The molecule has 3 aliphatic rings. The Balaban J connectivity index is 1.19. The molecule has 2 aromatic carbocycles. The molecule has 10 nitrogen and oxygen atoms in total. The van der Waals surface area contributed by atoms with Gasteiger partial charge in [0, 0.05) is 58.6 Å². The van der Waals surface area contributed by atoms with Crippen LogP contribution in [-0.4, -0.2) is 86.3 Å². The Morgan fingerprint density at radius 3 is 2.60 bits per heavy atom. The van der Waals surface area contributed by atoms with Gasteiger partial charge in [-0.25, -0.2) is 4.98 Å². The molecule has 40 heavy (non-hydrogen) atoms. The van der Waals surface area contributed by atoms with Crippen molar-refractivity contribution in [1.29, 1.82) is 0 Å². The Labute approximate surface area is 242 Å². The lowest BCUT2D eigenvalue weighted by atomic mass is 10.0. The number of piperazine rings is 1. The molecule has 3 aromatic rings. The average molecular weight is 610 g/mol. The zero-order valence-corrected chi connectivity index (χ0v) is 24.5. The molecule has 1 aliphatic carbocycles. The second kappa shape index (κ2) is 10.9. The minimum atomic E-state index is -0.179. The summed E-state index contributed by atoms with van der Waals surface area (Å²) in [4.78, 5) is 28.7. The number of halogens is 1. The quantitative estimate of drug-likeness (QED) is 0.373. The van der Waals surface area contributed by atoms with Crippen molar-refractivity contribution in [2.45, 2.75) is 18.4 Å². The monoisotopic (exact) mass is 608 g/mol. The summed E-state index contributed by atoms with van der Waals surface area (Å²) in [5, 5.41) is 3.26. The normalized spacial score (nSPS) is 17.8. The molecule has 2 fully saturated rings. The predicted octanol–water partition coefficient (Wildman–Crippen LogP) is 4.63. The zero-order valence-electron chi connectivity index (χ0n) is 22.9. The smallest absolute Gasteiger partial charge is 0.258 e. The van der Waals surface area contributed by atoms with E-state index in [0.717, 1.165) is 69.1 Å². The SMILES string of the molecule is COCCN1CCN(c2ccc(Nc3ncc(Br)c(Oc4cccc5c4C(=O)N(C)C54CC4)n3)c(OC)c2)CC1. The van der Waals surface area contributed by atoms with Gasteiger partial charge in [0.15, 0.2) is 0 Å². The number of carbonyl (C=O) groups is 1. The highest BCUT2D eigenvalue weighted by Gasteiger charge is 2.57. The van der Waals surface area contributed by atoms with E-state index in [9.17, 15) is 4.79 Å². The van der Waals surface area contributed by atoms with Crippen molar-refractivity contribution in [2.75, 3.05) is 70.8 Å². The minimum absolute atomic E-state index is 0.0205. The lowest BCUT2D eigenvalue weighted by molar-refractivity contribution is 0.0753. The fraction of sp³-hybridized carbons (Fsp3) is 0.414. The van der Waals surface area contributed by atoms with Crippen molar-refractivity contribution in [3.63, 3.8) is 0 Å². The molecular formula is C29H33BrN6O4. The van der Waals surface area contributed by atoms with Crippen LogP contribution in [0.5, 0.6) is 17.4 Å². The summed E-state index contributed by atoms with van der Waals surface area (Å²) in [5.41, 5.74) is 3.31. The van der Waals surface area contributed by atoms with Crippen LogP contribution in [0.4, 0.5) is 17.3 Å². The summed E-state index contributed by atoms with van der Waals surface area (Å²) in [6.07, 6.45) is 3.58. The maximum Gasteiger partial charge on any atom is 0.258 e. The highest BCUT2D eigenvalue weighted by molar-refractivity contribution is 9.10. The van der Waals surface area contributed by atoms with E-state index in [1.807, 2.05) is 42.3 Å². The minimum Gasteiger partial charge on any atom is -0.494 e. The molecule has 1 aromatic heterocycles. The second-order valence-corrected chi connectivity index (χ2v) is 11.2. The molecule has 210 valence electrons. The molecule has 0 unspecified atom stereocenters. The van der Waals surface area contributed by atoms with Gasteiger partial charge in [-0.15, -0.1) is 0 Å². The molecule has 3 heterocycles. The number of nitrogens with one attached hydrogen (secondary N) is 1. The van der Waals surface area contributed by atoms with Gasteiger partial charge in [-0.2, -0.15) is 4.98 Å². The summed E-state index contributed by atoms with van der Waals surface area (Å²) >= 11 is 3.50. The maximum atomic E-state index is 13.1. The summed E-state index contributed by atoms with van der Waals surface area (Å²) in [7, 11) is 5.26. The number of benzene rings is 2. The third-order valence-electron chi connectivity index (χ3n) is 8.11. The van der Waals surface area contributed by atoms with Crippen molar-refractivity contribution in [2.24, 2.45) is 0 Å². The van der Waals surface area contributed by atoms with Crippen molar-refractivity contribution in [1.82, 2.24) is 19.8 Å². The third kappa shape index (κ3) is 4.86. The van der Waals surface area contributed by atoms with Gasteiger partial charge in [0.25, 0.3) is 5.91 Å². The van der Waals surface area contributed by atoms with Gasteiger partial charge in [-0.3, -0.25) is 9.69 Å². The number of nitrogens with zero attached hydrogens (tertiary/aromatic N) is 5. The van der Waals surface area contributed by atoms with Crippen LogP contribution in [0.3, 0.4) is 0 Å². The van der Waals surface area contributed by atoms with Crippen LogP contribution in [0.1, 0.15) is 28.8 Å². The Morgan fingerprint density at radius 2 is 1.88 bits per heavy atom. The average Bonchev–Trinajstić information content (AvgIpc) is 3.76. The fourth-order valence-corrected chi connectivity index (χ4v) is 5.90. The molecule has 6 rings (SSSR count). The Kier molecular flexibility index (Phi) is 7.28. The Bertz CT molecular complexity index is 1420. The summed E-state index contributed by atoms with van der Waals surface area (Å²) in [6, 6.07) is 11.9. The highest BCUT2D eigenvalue weighted by atomic mass is 79.9. The molecule has 1 saturated heterocycles. The van der Waals surface area contributed by atoms with E-state index < -0.39 is 0 Å². The maximum absolute atomic E-state index is 13.1. The van der Waals surface area contributed by atoms with Crippen LogP contribution in [-0.2, 0) is 10.3 Å². The molecule has 1 N–H and O–H groups in total. The van der Waals surface area contributed by atoms with Gasteiger partial charge in [-0.05, 0) is 52.5 Å². The van der Waals surface area contributed by atoms with Crippen molar-refractivity contribution in [3.8, 4) is 17.4 Å². The number of hydrogen-bond donors (Lipinski definition) is 1. The number of fused-ring (bicyclic) bond motifs is 2. The van der Waals surface area contributed by atoms with Crippen LogP contribution in [0.15, 0.2) is 47.1 Å². The van der Waals surface area contributed by atoms with E-state index in [1.54, 1.807) is 20.4 Å². The van der Waals surface area contributed by atoms with Crippen molar-refractivity contribution in [3.05, 3.63) is 58.2 Å².